The molecule has 0 aliphatic heterocycles. The second-order valence-corrected chi connectivity index (χ2v) is 4.11. The van der Waals surface area contributed by atoms with Crippen molar-refractivity contribution in [2.75, 3.05) is 5.32 Å². The first-order valence-electron chi connectivity index (χ1n) is 5.28. The van der Waals surface area contributed by atoms with Crippen molar-refractivity contribution >= 4 is 29.5 Å². The van der Waals surface area contributed by atoms with Crippen LogP contribution in [-0.2, 0) is 0 Å². The highest BCUT2D eigenvalue weighted by Crippen LogP contribution is 2.14. The largest absolute Gasteiger partial charge is 0.321 e. The highest BCUT2D eigenvalue weighted by molar-refractivity contribution is 6.30. The lowest BCUT2D eigenvalue weighted by molar-refractivity contribution is 0.102. The van der Waals surface area contributed by atoms with Gasteiger partial charge in [0.2, 0.25) is 0 Å². The average molecular weight is 279 g/mol. The number of pyridine rings is 1. The van der Waals surface area contributed by atoms with Gasteiger partial charge in [-0.05, 0) is 30.3 Å². The highest BCUT2D eigenvalue weighted by atomic mass is 35.5. The molecule has 0 atom stereocenters. The number of rotatable bonds is 3. The average Bonchev–Trinajstić information content (AvgIpc) is 2.41. The number of carbonyl (C=O) groups is 2. The van der Waals surface area contributed by atoms with Crippen molar-refractivity contribution in [3.05, 3.63) is 58.6 Å². The summed E-state index contributed by atoms with van der Waals surface area (Å²) in [6.07, 6.45) is 1.73. The van der Waals surface area contributed by atoms with Gasteiger partial charge in [-0.25, -0.2) is 9.37 Å². The van der Waals surface area contributed by atoms with Crippen molar-refractivity contribution < 1.29 is 14.0 Å². The van der Waals surface area contributed by atoms with Gasteiger partial charge in [-0.1, -0.05) is 11.6 Å². The molecule has 0 saturated carbocycles. The summed E-state index contributed by atoms with van der Waals surface area (Å²) in [7, 11) is 0. The normalized spacial score (nSPS) is 10.0. The van der Waals surface area contributed by atoms with Gasteiger partial charge in [0.05, 0.1) is 10.6 Å². The highest BCUT2D eigenvalue weighted by Gasteiger charge is 2.09. The molecule has 96 valence electrons. The third-order valence-corrected chi connectivity index (χ3v) is 2.56. The molecule has 0 fully saturated rings. The van der Waals surface area contributed by atoms with Crippen molar-refractivity contribution in [1.29, 1.82) is 0 Å². The summed E-state index contributed by atoms with van der Waals surface area (Å²) in [5.74, 6) is -1.11. The first-order chi connectivity index (χ1) is 9.10. The van der Waals surface area contributed by atoms with Gasteiger partial charge in [0.25, 0.3) is 5.91 Å². The number of anilines is 1. The molecule has 0 bridgehead atoms. The molecule has 19 heavy (non-hydrogen) atoms. The van der Waals surface area contributed by atoms with E-state index in [1.54, 1.807) is 0 Å². The molecule has 0 aliphatic rings. The Morgan fingerprint density at radius 3 is 2.74 bits per heavy atom. The van der Waals surface area contributed by atoms with Crippen LogP contribution in [0.4, 0.5) is 10.1 Å². The second kappa shape index (κ2) is 5.58. The quantitative estimate of drug-likeness (QED) is 0.878. The van der Waals surface area contributed by atoms with Crippen LogP contribution < -0.4 is 5.32 Å². The van der Waals surface area contributed by atoms with E-state index in [9.17, 15) is 14.0 Å². The fourth-order valence-corrected chi connectivity index (χ4v) is 1.53. The van der Waals surface area contributed by atoms with Crippen molar-refractivity contribution in [3.8, 4) is 0 Å². The molecule has 0 unspecified atom stereocenters. The monoisotopic (exact) mass is 278 g/mol. The van der Waals surface area contributed by atoms with Gasteiger partial charge in [-0.3, -0.25) is 9.59 Å². The maximum absolute atomic E-state index is 13.1. The Bertz CT molecular complexity index is 629. The van der Waals surface area contributed by atoms with E-state index >= 15 is 0 Å². The summed E-state index contributed by atoms with van der Waals surface area (Å²) in [5.41, 5.74) is 0.355. The molecule has 6 heteroatoms. The van der Waals surface area contributed by atoms with Gasteiger partial charge in [-0.15, -0.1) is 0 Å². The molecule has 0 spiro atoms. The maximum Gasteiger partial charge on any atom is 0.274 e. The van der Waals surface area contributed by atoms with Gasteiger partial charge in [0, 0.05) is 11.9 Å². The van der Waals surface area contributed by atoms with Crippen molar-refractivity contribution in [2.45, 2.75) is 0 Å². The number of nitrogens with one attached hydrogen (secondary N) is 1. The lowest BCUT2D eigenvalue weighted by atomic mass is 10.2. The van der Waals surface area contributed by atoms with E-state index in [-0.39, 0.29) is 11.3 Å². The zero-order valence-corrected chi connectivity index (χ0v) is 10.3. The van der Waals surface area contributed by atoms with Gasteiger partial charge < -0.3 is 5.32 Å². The first kappa shape index (κ1) is 13.2. The molecule has 1 amide bonds. The molecule has 1 aromatic heterocycles. The molecule has 2 aromatic rings. The molecular weight excluding hydrogens is 271 g/mol. The van der Waals surface area contributed by atoms with Crippen LogP contribution >= 0.6 is 11.6 Å². The van der Waals surface area contributed by atoms with E-state index < -0.39 is 11.7 Å². The topological polar surface area (TPSA) is 59.1 Å². The van der Waals surface area contributed by atoms with Gasteiger partial charge >= 0.3 is 0 Å². The SMILES string of the molecule is O=Cc1cc(NC(=O)c2ccc(Cl)cn2)ccc1F. The zero-order valence-electron chi connectivity index (χ0n) is 9.56. The number of aldehydes is 1. The van der Waals surface area contributed by atoms with Crippen LogP contribution in [0.5, 0.6) is 0 Å². The fourth-order valence-electron chi connectivity index (χ4n) is 1.42. The first-order valence-corrected chi connectivity index (χ1v) is 5.65. The number of amides is 1. The minimum Gasteiger partial charge on any atom is -0.321 e. The smallest absolute Gasteiger partial charge is 0.274 e. The lowest BCUT2D eigenvalue weighted by Gasteiger charge is -2.05. The summed E-state index contributed by atoms with van der Waals surface area (Å²) in [5, 5.41) is 2.93. The Kier molecular flexibility index (Phi) is 3.87. The van der Waals surface area contributed by atoms with E-state index in [2.05, 4.69) is 10.3 Å². The van der Waals surface area contributed by atoms with Crippen LogP contribution in [0.3, 0.4) is 0 Å². The molecule has 4 nitrogen and oxygen atoms in total. The van der Waals surface area contributed by atoms with Crippen LogP contribution in [0.1, 0.15) is 20.8 Å². The van der Waals surface area contributed by atoms with Crippen molar-refractivity contribution in [2.24, 2.45) is 0 Å². The van der Waals surface area contributed by atoms with Gasteiger partial charge in [0.15, 0.2) is 6.29 Å². The van der Waals surface area contributed by atoms with E-state index in [1.807, 2.05) is 0 Å². The van der Waals surface area contributed by atoms with Crippen molar-refractivity contribution in [1.82, 2.24) is 4.98 Å². The predicted octanol–water partition coefficient (Wildman–Crippen LogP) is 2.94. The Balaban J connectivity index is 2.19. The summed E-state index contributed by atoms with van der Waals surface area (Å²) >= 11 is 5.66. The number of benzene rings is 1. The van der Waals surface area contributed by atoms with Crippen molar-refractivity contribution in [3.63, 3.8) is 0 Å². The van der Waals surface area contributed by atoms with Crippen LogP contribution in [0, 0.1) is 5.82 Å². The summed E-state index contributed by atoms with van der Waals surface area (Å²) < 4.78 is 13.1. The van der Waals surface area contributed by atoms with Gasteiger partial charge in [0.1, 0.15) is 11.5 Å². The van der Waals surface area contributed by atoms with E-state index in [1.165, 1.54) is 30.5 Å². The van der Waals surface area contributed by atoms with Gasteiger partial charge in [-0.2, -0.15) is 0 Å². The molecule has 0 radical (unpaired) electrons. The molecule has 0 saturated heterocycles. The number of aromatic nitrogens is 1. The minimum absolute atomic E-state index is 0.123. The Morgan fingerprint density at radius 1 is 1.32 bits per heavy atom. The predicted molar refractivity (Wildman–Crippen MR) is 69.0 cm³/mol. The Labute approximate surface area is 113 Å². The van der Waals surface area contributed by atoms with E-state index in [0.29, 0.717) is 17.0 Å². The number of halogens is 2. The number of nitrogens with zero attached hydrogens (tertiary/aromatic N) is 1. The Hall–Kier alpha value is -2.27. The molecule has 1 aromatic carbocycles. The standard InChI is InChI=1S/C13H8ClFN2O2/c14-9-1-4-12(16-6-9)13(19)17-10-2-3-11(15)8(5-10)7-18/h1-7H,(H,17,19). The molecule has 2 rings (SSSR count). The molecule has 1 N–H and O–H groups in total. The third-order valence-electron chi connectivity index (χ3n) is 2.34. The summed E-state index contributed by atoms with van der Waals surface area (Å²) in [6.45, 7) is 0. The fraction of sp³-hybridized carbons (Fsp3) is 0. The maximum atomic E-state index is 13.1. The van der Waals surface area contributed by atoms with Crippen LogP contribution in [0.25, 0.3) is 0 Å². The zero-order chi connectivity index (χ0) is 13.8. The summed E-state index contributed by atoms with van der Waals surface area (Å²) in [4.78, 5) is 26.3. The van der Waals surface area contributed by atoms with E-state index in [0.717, 1.165) is 6.07 Å². The van der Waals surface area contributed by atoms with E-state index in [4.69, 9.17) is 11.6 Å². The van der Waals surface area contributed by atoms with Crippen LogP contribution in [-0.4, -0.2) is 17.2 Å². The van der Waals surface area contributed by atoms with Crippen LogP contribution in [0.15, 0.2) is 36.5 Å². The number of hydrogen-bond acceptors (Lipinski definition) is 3. The lowest BCUT2D eigenvalue weighted by Crippen LogP contribution is -2.13. The molecular formula is C13H8ClFN2O2. The third kappa shape index (κ3) is 3.14. The second-order valence-electron chi connectivity index (χ2n) is 3.67. The van der Waals surface area contributed by atoms with Crippen LogP contribution in [0.2, 0.25) is 5.02 Å². The number of carbonyl (C=O) groups excluding carboxylic acids is 2. The minimum atomic E-state index is -0.641. The molecule has 1 heterocycles. The summed E-state index contributed by atoms with van der Waals surface area (Å²) in [6, 6.07) is 6.70. The number of hydrogen-bond donors (Lipinski definition) is 1. The molecule has 0 aliphatic carbocycles. The Morgan fingerprint density at radius 2 is 2.11 bits per heavy atom.